The van der Waals surface area contributed by atoms with Gasteiger partial charge in [0.25, 0.3) is 5.91 Å². The van der Waals surface area contributed by atoms with Crippen LogP contribution in [0.4, 0.5) is 0 Å². The number of piperidine rings is 1. The summed E-state index contributed by atoms with van der Waals surface area (Å²) in [5, 5.41) is 3.25. The number of likely N-dealkylation sites (tertiary alicyclic amines) is 1. The summed E-state index contributed by atoms with van der Waals surface area (Å²) in [5.74, 6) is 0.0980. The maximum atomic E-state index is 12.4. The highest BCUT2D eigenvalue weighted by Crippen LogP contribution is 2.13. The van der Waals surface area contributed by atoms with Gasteiger partial charge < -0.3 is 15.0 Å². The van der Waals surface area contributed by atoms with Crippen molar-refractivity contribution in [3.63, 3.8) is 0 Å². The summed E-state index contributed by atoms with van der Waals surface area (Å²) < 4.78 is 5.70. The van der Waals surface area contributed by atoms with Gasteiger partial charge in [-0.3, -0.25) is 4.79 Å². The van der Waals surface area contributed by atoms with Crippen LogP contribution in [0.1, 0.15) is 25.3 Å². The van der Waals surface area contributed by atoms with E-state index in [2.05, 4.69) is 5.32 Å². The average molecular weight is 276 g/mol. The quantitative estimate of drug-likeness (QED) is 0.891. The molecule has 1 aromatic carbocycles. The molecule has 0 aliphatic carbocycles. The van der Waals surface area contributed by atoms with Crippen LogP contribution in [0.2, 0.25) is 0 Å². The SMILES string of the molecule is CNC1CCCN(C(=O)C(C)OCc2ccccc2)C1. The highest BCUT2D eigenvalue weighted by Gasteiger charge is 2.26. The normalized spacial score (nSPS) is 20.7. The van der Waals surface area contributed by atoms with Gasteiger partial charge in [-0.2, -0.15) is 0 Å². The Balaban J connectivity index is 1.82. The minimum atomic E-state index is -0.384. The number of carbonyl (C=O) groups excluding carboxylic acids is 1. The van der Waals surface area contributed by atoms with Crippen molar-refractivity contribution < 1.29 is 9.53 Å². The topological polar surface area (TPSA) is 41.6 Å². The molecule has 4 nitrogen and oxygen atoms in total. The second kappa shape index (κ2) is 7.41. The van der Waals surface area contributed by atoms with Crippen LogP contribution in [-0.2, 0) is 16.1 Å². The van der Waals surface area contributed by atoms with Crippen LogP contribution in [-0.4, -0.2) is 43.1 Å². The molecule has 2 rings (SSSR count). The van der Waals surface area contributed by atoms with Crippen molar-refractivity contribution >= 4 is 5.91 Å². The Hall–Kier alpha value is -1.39. The number of ether oxygens (including phenoxy) is 1. The van der Waals surface area contributed by atoms with E-state index in [1.165, 1.54) is 0 Å². The average Bonchev–Trinajstić information content (AvgIpc) is 2.53. The first-order chi connectivity index (χ1) is 9.70. The molecule has 1 fully saturated rings. The molecule has 1 aromatic rings. The van der Waals surface area contributed by atoms with Gasteiger partial charge in [-0.1, -0.05) is 30.3 Å². The Morgan fingerprint density at radius 2 is 2.20 bits per heavy atom. The molecule has 0 bridgehead atoms. The van der Waals surface area contributed by atoms with Gasteiger partial charge >= 0.3 is 0 Å². The fraction of sp³-hybridized carbons (Fsp3) is 0.562. The molecule has 20 heavy (non-hydrogen) atoms. The van der Waals surface area contributed by atoms with E-state index in [0.717, 1.165) is 31.5 Å². The third-order valence-corrected chi connectivity index (χ3v) is 3.83. The van der Waals surface area contributed by atoms with Crippen LogP contribution in [0.5, 0.6) is 0 Å². The van der Waals surface area contributed by atoms with Gasteiger partial charge in [-0.15, -0.1) is 0 Å². The van der Waals surface area contributed by atoms with Gasteiger partial charge in [0.15, 0.2) is 0 Å². The summed E-state index contributed by atoms with van der Waals surface area (Å²) in [6.45, 7) is 3.95. The first-order valence-electron chi connectivity index (χ1n) is 7.32. The number of hydrogen-bond donors (Lipinski definition) is 1. The maximum Gasteiger partial charge on any atom is 0.251 e. The number of carbonyl (C=O) groups is 1. The Morgan fingerprint density at radius 1 is 1.45 bits per heavy atom. The number of nitrogens with one attached hydrogen (secondary N) is 1. The van der Waals surface area contributed by atoms with Crippen molar-refractivity contribution in [2.75, 3.05) is 20.1 Å². The minimum absolute atomic E-state index is 0.0980. The highest BCUT2D eigenvalue weighted by atomic mass is 16.5. The fourth-order valence-corrected chi connectivity index (χ4v) is 2.54. The Bertz CT molecular complexity index is 422. The Morgan fingerprint density at radius 3 is 2.90 bits per heavy atom. The third-order valence-electron chi connectivity index (χ3n) is 3.83. The molecule has 2 unspecified atom stereocenters. The van der Waals surface area contributed by atoms with Gasteiger partial charge in [0.1, 0.15) is 6.10 Å². The van der Waals surface area contributed by atoms with Gasteiger partial charge in [-0.25, -0.2) is 0 Å². The number of likely N-dealkylation sites (N-methyl/N-ethyl adjacent to an activating group) is 1. The molecular formula is C16H24N2O2. The lowest BCUT2D eigenvalue weighted by Gasteiger charge is -2.34. The fourth-order valence-electron chi connectivity index (χ4n) is 2.54. The molecule has 1 heterocycles. The zero-order valence-electron chi connectivity index (χ0n) is 12.3. The lowest BCUT2D eigenvalue weighted by atomic mass is 10.1. The second-order valence-corrected chi connectivity index (χ2v) is 5.35. The molecule has 0 aromatic heterocycles. The van der Waals surface area contributed by atoms with E-state index in [1.807, 2.05) is 49.2 Å². The van der Waals surface area contributed by atoms with E-state index in [0.29, 0.717) is 12.6 Å². The number of rotatable bonds is 5. The molecule has 1 saturated heterocycles. The monoisotopic (exact) mass is 276 g/mol. The van der Waals surface area contributed by atoms with E-state index in [9.17, 15) is 4.79 Å². The van der Waals surface area contributed by atoms with Crippen LogP contribution in [0.3, 0.4) is 0 Å². The number of hydrogen-bond acceptors (Lipinski definition) is 3. The molecule has 2 atom stereocenters. The van der Waals surface area contributed by atoms with Crippen molar-refractivity contribution in [1.29, 1.82) is 0 Å². The number of benzene rings is 1. The lowest BCUT2D eigenvalue weighted by molar-refractivity contribution is -0.144. The van der Waals surface area contributed by atoms with Crippen LogP contribution >= 0.6 is 0 Å². The molecule has 0 radical (unpaired) electrons. The van der Waals surface area contributed by atoms with Crippen LogP contribution in [0.15, 0.2) is 30.3 Å². The molecule has 0 spiro atoms. The molecule has 1 amide bonds. The molecule has 4 heteroatoms. The summed E-state index contributed by atoms with van der Waals surface area (Å²) in [6.07, 6.45) is 1.81. The summed E-state index contributed by atoms with van der Waals surface area (Å²) in [6, 6.07) is 10.4. The van der Waals surface area contributed by atoms with Gasteiger partial charge in [0.2, 0.25) is 0 Å². The van der Waals surface area contributed by atoms with E-state index in [-0.39, 0.29) is 12.0 Å². The first-order valence-corrected chi connectivity index (χ1v) is 7.32. The largest absolute Gasteiger partial charge is 0.364 e. The highest BCUT2D eigenvalue weighted by molar-refractivity contribution is 5.80. The van der Waals surface area contributed by atoms with Crippen LogP contribution in [0.25, 0.3) is 0 Å². The summed E-state index contributed by atoms with van der Waals surface area (Å²) >= 11 is 0. The van der Waals surface area contributed by atoms with E-state index in [4.69, 9.17) is 4.74 Å². The number of amides is 1. The predicted octanol–water partition coefficient (Wildman–Crippen LogP) is 1.80. The summed E-state index contributed by atoms with van der Waals surface area (Å²) in [7, 11) is 1.95. The molecule has 0 saturated carbocycles. The van der Waals surface area contributed by atoms with Gasteiger partial charge in [-0.05, 0) is 32.4 Å². The minimum Gasteiger partial charge on any atom is -0.364 e. The van der Waals surface area contributed by atoms with Crippen LogP contribution in [0, 0.1) is 0 Å². The summed E-state index contributed by atoms with van der Waals surface area (Å²) in [4.78, 5) is 14.3. The third kappa shape index (κ3) is 4.05. The molecule has 1 N–H and O–H groups in total. The first kappa shape index (κ1) is 15.0. The van der Waals surface area contributed by atoms with Gasteiger partial charge in [0, 0.05) is 19.1 Å². The van der Waals surface area contributed by atoms with Crippen molar-refractivity contribution in [2.45, 2.75) is 38.5 Å². The zero-order valence-corrected chi connectivity index (χ0v) is 12.3. The lowest BCUT2D eigenvalue weighted by Crippen LogP contribution is -2.49. The smallest absolute Gasteiger partial charge is 0.251 e. The Labute approximate surface area is 121 Å². The van der Waals surface area contributed by atoms with E-state index in [1.54, 1.807) is 0 Å². The maximum absolute atomic E-state index is 12.4. The van der Waals surface area contributed by atoms with E-state index >= 15 is 0 Å². The molecular weight excluding hydrogens is 252 g/mol. The van der Waals surface area contributed by atoms with Crippen molar-refractivity contribution in [3.8, 4) is 0 Å². The van der Waals surface area contributed by atoms with Crippen molar-refractivity contribution in [1.82, 2.24) is 10.2 Å². The van der Waals surface area contributed by atoms with Crippen molar-refractivity contribution in [2.24, 2.45) is 0 Å². The standard InChI is InChI=1S/C16H24N2O2/c1-13(20-12-14-7-4-3-5-8-14)16(19)18-10-6-9-15(11-18)17-2/h3-5,7-8,13,15,17H,6,9-12H2,1-2H3. The number of nitrogens with zero attached hydrogens (tertiary/aromatic N) is 1. The molecule has 110 valence electrons. The van der Waals surface area contributed by atoms with E-state index < -0.39 is 0 Å². The van der Waals surface area contributed by atoms with Gasteiger partial charge in [0.05, 0.1) is 6.61 Å². The zero-order chi connectivity index (χ0) is 14.4. The predicted molar refractivity (Wildman–Crippen MR) is 79.4 cm³/mol. The molecule has 1 aliphatic rings. The summed E-state index contributed by atoms with van der Waals surface area (Å²) in [5.41, 5.74) is 1.10. The Kier molecular flexibility index (Phi) is 5.56. The van der Waals surface area contributed by atoms with Crippen LogP contribution < -0.4 is 5.32 Å². The molecule has 1 aliphatic heterocycles. The van der Waals surface area contributed by atoms with Crippen molar-refractivity contribution in [3.05, 3.63) is 35.9 Å². The second-order valence-electron chi connectivity index (χ2n) is 5.35.